The molecule has 0 aliphatic rings. The molecular formula is C16H10ClF3N2O. The van der Waals surface area contributed by atoms with Crippen LogP contribution in [0.1, 0.15) is 11.3 Å². The maximum absolute atomic E-state index is 12.6. The number of pyridine rings is 2. The average molecular weight is 339 g/mol. The Morgan fingerprint density at radius 1 is 1.09 bits per heavy atom. The van der Waals surface area contributed by atoms with Gasteiger partial charge in [-0.1, -0.05) is 23.7 Å². The van der Waals surface area contributed by atoms with E-state index in [-0.39, 0.29) is 12.5 Å². The van der Waals surface area contributed by atoms with E-state index in [2.05, 4.69) is 9.97 Å². The van der Waals surface area contributed by atoms with Gasteiger partial charge in [-0.05, 0) is 24.3 Å². The molecule has 3 rings (SSSR count). The van der Waals surface area contributed by atoms with Gasteiger partial charge in [0.15, 0.2) is 0 Å². The van der Waals surface area contributed by atoms with E-state index in [0.717, 1.165) is 17.0 Å². The summed E-state index contributed by atoms with van der Waals surface area (Å²) in [4.78, 5) is 7.67. The van der Waals surface area contributed by atoms with E-state index < -0.39 is 11.9 Å². The van der Waals surface area contributed by atoms with Crippen LogP contribution >= 0.6 is 11.6 Å². The number of benzene rings is 1. The molecule has 0 unspecified atom stereocenters. The second-order valence-corrected chi connectivity index (χ2v) is 5.22. The quantitative estimate of drug-likeness (QED) is 0.682. The molecule has 0 saturated carbocycles. The second kappa shape index (κ2) is 6.04. The van der Waals surface area contributed by atoms with E-state index in [0.29, 0.717) is 10.5 Å². The number of rotatable bonds is 3. The molecule has 0 spiro atoms. The Balaban J connectivity index is 1.84. The first-order valence-corrected chi connectivity index (χ1v) is 7.01. The number of fused-ring (bicyclic) bond motifs is 1. The van der Waals surface area contributed by atoms with Gasteiger partial charge in [-0.15, -0.1) is 0 Å². The van der Waals surface area contributed by atoms with Crippen molar-refractivity contribution in [1.82, 2.24) is 9.97 Å². The fourth-order valence-electron chi connectivity index (χ4n) is 2.11. The number of ether oxygens (including phenoxy) is 1. The topological polar surface area (TPSA) is 35.0 Å². The molecule has 2 aromatic heterocycles. The zero-order valence-electron chi connectivity index (χ0n) is 11.6. The van der Waals surface area contributed by atoms with Gasteiger partial charge in [0.2, 0.25) is 5.88 Å². The third-order valence-corrected chi connectivity index (χ3v) is 3.42. The van der Waals surface area contributed by atoms with Crippen LogP contribution in [0.25, 0.3) is 10.9 Å². The Hall–Kier alpha value is -2.34. The van der Waals surface area contributed by atoms with Crippen LogP contribution in [-0.4, -0.2) is 9.97 Å². The number of nitrogens with zero attached hydrogens (tertiary/aromatic N) is 2. The molecule has 0 radical (unpaired) electrons. The molecule has 0 aliphatic carbocycles. The van der Waals surface area contributed by atoms with Crippen molar-refractivity contribution in [3.8, 4) is 5.88 Å². The lowest BCUT2D eigenvalue weighted by atomic mass is 10.1. The van der Waals surface area contributed by atoms with E-state index in [9.17, 15) is 13.2 Å². The van der Waals surface area contributed by atoms with Crippen molar-refractivity contribution in [1.29, 1.82) is 0 Å². The van der Waals surface area contributed by atoms with Crippen LogP contribution in [0.4, 0.5) is 13.2 Å². The molecule has 23 heavy (non-hydrogen) atoms. The lowest BCUT2D eigenvalue weighted by Crippen LogP contribution is -2.09. The second-order valence-electron chi connectivity index (χ2n) is 4.78. The first-order chi connectivity index (χ1) is 10.9. The fourth-order valence-corrected chi connectivity index (χ4v) is 2.28. The first kappa shape index (κ1) is 15.6. The van der Waals surface area contributed by atoms with Gasteiger partial charge in [-0.3, -0.25) is 4.98 Å². The van der Waals surface area contributed by atoms with E-state index in [4.69, 9.17) is 16.3 Å². The molecule has 0 bridgehead atoms. The van der Waals surface area contributed by atoms with Crippen molar-refractivity contribution in [2.45, 2.75) is 12.8 Å². The summed E-state index contributed by atoms with van der Waals surface area (Å²) in [5.41, 5.74) is 0.489. The van der Waals surface area contributed by atoms with Crippen LogP contribution in [0, 0.1) is 0 Å². The number of hydrogen-bond donors (Lipinski definition) is 0. The van der Waals surface area contributed by atoms with E-state index in [1.807, 2.05) is 0 Å². The Bertz CT molecular complexity index is 852. The van der Waals surface area contributed by atoms with E-state index in [1.54, 1.807) is 30.5 Å². The molecule has 0 aliphatic heterocycles. The molecule has 0 atom stereocenters. The lowest BCUT2D eigenvalue weighted by molar-refractivity contribution is -0.141. The lowest BCUT2D eigenvalue weighted by Gasteiger charge is -2.10. The SMILES string of the molecule is FC(F)(F)c1cccc(OCc2ccnc3cc(Cl)ccc23)n1. The molecular weight excluding hydrogens is 329 g/mol. The Labute approximate surface area is 134 Å². The van der Waals surface area contributed by atoms with Crippen molar-refractivity contribution in [3.05, 3.63) is 64.9 Å². The molecule has 7 heteroatoms. The summed E-state index contributed by atoms with van der Waals surface area (Å²) in [6.07, 6.45) is -2.91. The standard InChI is InChI=1S/C16H10ClF3N2O/c17-11-4-5-12-10(6-7-21-13(12)8-11)9-23-15-3-1-2-14(22-15)16(18,19)20/h1-8H,9H2. The molecule has 2 heterocycles. The monoisotopic (exact) mass is 338 g/mol. The van der Waals surface area contributed by atoms with Gasteiger partial charge in [0, 0.05) is 28.2 Å². The highest BCUT2D eigenvalue weighted by molar-refractivity contribution is 6.31. The van der Waals surface area contributed by atoms with Crippen LogP contribution in [0.2, 0.25) is 5.02 Å². The Kier molecular flexibility index (Phi) is 4.09. The highest BCUT2D eigenvalue weighted by atomic mass is 35.5. The molecule has 0 fully saturated rings. The summed E-state index contributed by atoms with van der Waals surface area (Å²) in [6, 6.07) is 10.5. The van der Waals surface area contributed by atoms with Crippen molar-refractivity contribution < 1.29 is 17.9 Å². The number of hydrogen-bond acceptors (Lipinski definition) is 3. The van der Waals surface area contributed by atoms with Gasteiger partial charge in [-0.25, -0.2) is 4.98 Å². The number of alkyl halides is 3. The molecule has 0 N–H and O–H groups in total. The van der Waals surface area contributed by atoms with Crippen LogP contribution < -0.4 is 4.74 Å². The summed E-state index contributed by atoms with van der Waals surface area (Å²) >= 11 is 5.92. The minimum atomic E-state index is -4.50. The summed E-state index contributed by atoms with van der Waals surface area (Å²) in [5.74, 6) is -0.0845. The third kappa shape index (κ3) is 3.53. The van der Waals surface area contributed by atoms with Crippen LogP contribution in [-0.2, 0) is 12.8 Å². The predicted octanol–water partition coefficient (Wildman–Crippen LogP) is 4.88. The van der Waals surface area contributed by atoms with Crippen molar-refractivity contribution in [2.75, 3.05) is 0 Å². The summed E-state index contributed by atoms with van der Waals surface area (Å²) in [6.45, 7) is 0.0783. The third-order valence-electron chi connectivity index (χ3n) is 3.18. The zero-order chi connectivity index (χ0) is 16.4. The van der Waals surface area contributed by atoms with Gasteiger partial charge in [0.05, 0.1) is 5.52 Å². The molecule has 118 valence electrons. The van der Waals surface area contributed by atoms with Crippen LogP contribution in [0.5, 0.6) is 5.88 Å². The maximum atomic E-state index is 12.6. The molecule has 1 aromatic carbocycles. The van der Waals surface area contributed by atoms with Gasteiger partial charge in [0.25, 0.3) is 0 Å². The fraction of sp³-hybridized carbons (Fsp3) is 0.125. The Morgan fingerprint density at radius 3 is 2.70 bits per heavy atom. The number of aromatic nitrogens is 2. The van der Waals surface area contributed by atoms with Crippen molar-refractivity contribution in [3.63, 3.8) is 0 Å². The summed E-state index contributed by atoms with van der Waals surface area (Å²) in [5, 5.41) is 1.38. The average Bonchev–Trinajstić information content (AvgIpc) is 2.52. The molecule has 0 saturated heterocycles. The van der Waals surface area contributed by atoms with Gasteiger partial charge in [0.1, 0.15) is 12.3 Å². The van der Waals surface area contributed by atoms with E-state index >= 15 is 0 Å². The summed E-state index contributed by atoms with van der Waals surface area (Å²) in [7, 11) is 0. The van der Waals surface area contributed by atoms with Crippen molar-refractivity contribution >= 4 is 22.5 Å². The molecule has 0 amide bonds. The summed E-state index contributed by atoms with van der Waals surface area (Å²) < 4.78 is 43.3. The van der Waals surface area contributed by atoms with E-state index in [1.165, 1.54) is 12.1 Å². The van der Waals surface area contributed by atoms with Gasteiger partial charge in [-0.2, -0.15) is 13.2 Å². The smallest absolute Gasteiger partial charge is 0.433 e. The predicted molar refractivity (Wildman–Crippen MR) is 80.3 cm³/mol. The van der Waals surface area contributed by atoms with Gasteiger partial charge >= 0.3 is 6.18 Å². The van der Waals surface area contributed by atoms with Crippen LogP contribution in [0.15, 0.2) is 48.7 Å². The molecule has 3 nitrogen and oxygen atoms in total. The number of halogens is 4. The minimum Gasteiger partial charge on any atom is -0.473 e. The maximum Gasteiger partial charge on any atom is 0.433 e. The highest BCUT2D eigenvalue weighted by Crippen LogP contribution is 2.29. The largest absolute Gasteiger partial charge is 0.473 e. The minimum absolute atomic E-state index is 0.0783. The zero-order valence-corrected chi connectivity index (χ0v) is 12.4. The van der Waals surface area contributed by atoms with Crippen molar-refractivity contribution in [2.24, 2.45) is 0 Å². The van der Waals surface area contributed by atoms with Crippen LogP contribution in [0.3, 0.4) is 0 Å². The van der Waals surface area contributed by atoms with Gasteiger partial charge < -0.3 is 4.74 Å². The highest BCUT2D eigenvalue weighted by Gasteiger charge is 2.32. The normalized spacial score (nSPS) is 11.7. The Morgan fingerprint density at radius 2 is 1.91 bits per heavy atom. The molecule has 3 aromatic rings. The first-order valence-electron chi connectivity index (χ1n) is 6.64.